The highest BCUT2D eigenvalue weighted by atomic mass is 32.2. The van der Waals surface area contributed by atoms with Crippen LogP contribution in [0.1, 0.15) is 5.56 Å². The minimum Gasteiger partial charge on any atom is -0.383 e. The van der Waals surface area contributed by atoms with Gasteiger partial charge in [0.25, 0.3) is 10.0 Å². The van der Waals surface area contributed by atoms with Crippen molar-refractivity contribution >= 4 is 21.5 Å². The Labute approximate surface area is 130 Å². The van der Waals surface area contributed by atoms with Gasteiger partial charge in [0, 0.05) is 13.7 Å². The van der Waals surface area contributed by atoms with Crippen molar-refractivity contribution in [3.8, 4) is 0 Å². The molecule has 0 amide bonds. The van der Waals surface area contributed by atoms with Crippen LogP contribution in [0.4, 0.5) is 11.5 Å². The molecule has 0 fully saturated rings. The molecular weight excluding hydrogens is 302 g/mol. The first-order valence-corrected chi connectivity index (χ1v) is 8.28. The molecule has 22 heavy (non-hydrogen) atoms. The zero-order valence-corrected chi connectivity index (χ0v) is 13.4. The van der Waals surface area contributed by atoms with Gasteiger partial charge < -0.3 is 10.1 Å². The lowest BCUT2D eigenvalue weighted by atomic mass is 10.2. The SMILES string of the molecule is COCCNc1ccc(NS(=O)(=O)c2cccc(C)c2)nc1. The molecule has 1 heterocycles. The Hall–Kier alpha value is -2.12. The average Bonchev–Trinajstić information content (AvgIpc) is 2.49. The van der Waals surface area contributed by atoms with Crippen molar-refractivity contribution in [2.45, 2.75) is 11.8 Å². The number of benzene rings is 1. The summed E-state index contributed by atoms with van der Waals surface area (Å²) in [6.45, 7) is 3.09. The molecule has 1 aromatic heterocycles. The smallest absolute Gasteiger partial charge is 0.263 e. The van der Waals surface area contributed by atoms with Gasteiger partial charge in [-0.1, -0.05) is 12.1 Å². The molecule has 6 nitrogen and oxygen atoms in total. The van der Waals surface area contributed by atoms with Crippen LogP contribution < -0.4 is 10.0 Å². The lowest BCUT2D eigenvalue weighted by Gasteiger charge is -2.09. The van der Waals surface area contributed by atoms with Gasteiger partial charge in [0.2, 0.25) is 0 Å². The second-order valence-electron chi connectivity index (χ2n) is 4.77. The first-order valence-electron chi connectivity index (χ1n) is 6.79. The molecule has 2 aromatic rings. The van der Waals surface area contributed by atoms with Crippen LogP contribution in [0.2, 0.25) is 0 Å². The van der Waals surface area contributed by atoms with E-state index in [4.69, 9.17) is 4.74 Å². The van der Waals surface area contributed by atoms with E-state index in [1.165, 1.54) is 0 Å². The Morgan fingerprint density at radius 2 is 2.05 bits per heavy atom. The highest BCUT2D eigenvalue weighted by molar-refractivity contribution is 7.92. The number of anilines is 2. The summed E-state index contributed by atoms with van der Waals surface area (Å²) in [5.41, 5.74) is 1.68. The number of aromatic nitrogens is 1. The number of nitrogens with one attached hydrogen (secondary N) is 2. The Morgan fingerprint density at radius 1 is 1.23 bits per heavy atom. The van der Waals surface area contributed by atoms with Gasteiger partial charge in [0.05, 0.1) is 23.4 Å². The van der Waals surface area contributed by atoms with Crippen molar-refractivity contribution in [3.63, 3.8) is 0 Å². The number of rotatable bonds is 7. The van der Waals surface area contributed by atoms with E-state index in [1.54, 1.807) is 43.6 Å². The minimum absolute atomic E-state index is 0.219. The van der Waals surface area contributed by atoms with E-state index in [1.807, 2.05) is 13.0 Å². The van der Waals surface area contributed by atoms with Gasteiger partial charge in [-0.15, -0.1) is 0 Å². The number of aryl methyl sites for hydroxylation is 1. The highest BCUT2D eigenvalue weighted by Gasteiger charge is 2.14. The van der Waals surface area contributed by atoms with Crippen LogP contribution in [0.5, 0.6) is 0 Å². The minimum atomic E-state index is -3.62. The molecular formula is C15H19N3O3S. The fraction of sp³-hybridized carbons (Fsp3) is 0.267. The predicted molar refractivity (Wildman–Crippen MR) is 86.6 cm³/mol. The molecule has 0 saturated carbocycles. The Morgan fingerprint density at radius 3 is 2.68 bits per heavy atom. The van der Waals surface area contributed by atoms with E-state index < -0.39 is 10.0 Å². The quantitative estimate of drug-likeness (QED) is 0.765. The molecule has 0 unspecified atom stereocenters. The lowest BCUT2D eigenvalue weighted by Crippen LogP contribution is -2.14. The summed E-state index contributed by atoms with van der Waals surface area (Å²) in [5, 5.41) is 3.11. The summed E-state index contributed by atoms with van der Waals surface area (Å²) < 4.78 is 31.9. The summed E-state index contributed by atoms with van der Waals surface area (Å²) in [5.74, 6) is 0.277. The predicted octanol–water partition coefficient (Wildman–Crippen LogP) is 2.25. The monoisotopic (exact) mass is 321 g/mol. The van der Waals surface area contributed by atoms with Crippen molar-refractivity contribution < 1.29 is 13.2 Å². The van der Waals surface area contributed by atoms with E-state index >= 15 is 0 Å². The second kappa shape index (κ2) is 7.24. The molecule has 118 valence electrons. The van der Waals surface area contributed by atoms with Gasteiger partial charge in [0.1, 0.15) is 5.82 Å². The third kappa shape index (κ3) is 4.44. The number of nitrogens with zero attached hydrogens (tertiary/aromatic N) is 1. The third-order valence-corrected chi connectivity index (χ3v) is 4.29. The maximum atomic E-state index is 12.3. The van der Waals surface area contributed by atoms with Crippen molar-refractivity contribution in [1.29, 1.82) is 0 Å². The summed E-state index contributed by atoms with van der Waals surface area (Å²) >= 11 is 0. The zero-order chi connectivity index (χ0) is 16.0. The van der Waals surface area contributed by atoms with Crippen LogP contribution in [0.15, 0.2) is 47.5 Å². The number of hydrogen-bond donors (Lipinski definition) is 2. The fourth-order valence-corrected chi connectivity index (χ4v) is 2.95. The molecule has 0 radical (unpaired) electrons. The van der Waals surface area contributed by atoms with E-state index in [2.05, 4.69) is 15.0 Å². The molecule has 0 aliphatic heterocycles. The van der Waals surface area contributed by atoms with Crippen LogP contribution in [-0.2, 0) is 14.8 Å². The third-order valence-electron chi connectivity index (χ3n) is 2.94. The van der Waals surface area contributed by atoms with Crippen LogP contribution in [0, 0.1) is 6.92 Å². The van der Waals surface area contributed by atoms with Crippen LogP contribution in [-0.4, -0.2) is 33.7 Å². The van der Waals surface area contributed by atoms with Gasteiger partial charge in [-0.3, -0.25) is 4.72 Å². The Kier molecular flexibility index (Phi) is 5.35. The maximum absolute atomic E-state index is 12.3. The van der Waals surface area contributed by atoms with Gasteiger partial charge in [0.15, 0.2) is 0 Å². The first kappa shape index (κ1) is 16.3. The largest absolute Gasteiger partial charge is 0.383 e. The van der Waals surface area contributed by atoms with Crippen LogP contribution >= 0.6 is 0 Å². The molecule has 0 saturated heterocycles. The van der Waals surface area contributed by atoms with E-state index in [0.29, 0.717) is 13.2 Å². The molecule has 0 aliphatic carbocycles. The normalized spacial score (nSPS) is 11.2. The summed E-state index contributed by atoms with van der Waals surface area (Å²) in [7, 11) is -1.99. The lowest BCUT2D eigenvalue weighted by molar-refractivity contribution is 0.211. The number of ether oxygens (including phenoxy) is 1. The molecule has 7 heteroatoms. The Balaban J connectivity index is 2.06. The summed E-state index contributed by atoms with van der Waals surface area (Å²) in [6, 6.07) is 10.1. The van der Waals surface area contributed by atoms with Crippen LogP contribution in [0.3, 0.4) is 0 Å². The molecule has 0 spiro atoms. The first-order chi connectivity index (χ1) is 10.5. The van der Waals surface area contributed by atoms with Crippen molar-refractivity contribution in [2.24, 2.45) is 0 Å². The van der Waals surface area contributed by atoms with Gasteiger partial charge in [-0.2, -0.15) is 0 Å². The topological polar surface area (TPSA) is 80.3 Å². The fourth-order valence-electron chi connectivity index (χ4n) is 1.84. The summed E-state index contributed by atoms with van der Waals surface area (Å²) in [6.07, 6.45) is 1.57. The van der Waals surface area contributed by atoms with Crippen molar-refractivity contribution in [3.05, 3.63) is 48.2 Å². The maximum Gasteiger partial charge on any atom is 0.263 e. The van der Waals surface area contributed by atoms with Gasteiger partial charge >= 0.3 is 0 Å². The highest BCUT2D eigenvalue weighted by Crippen LogP contribution is 2.16. The second-order valence-corrected chi connectivity index (χ2v) is 6.46. The molecule has 2 N–H and O–H groups in total. The summed E-state index contributed by atoms with van der Waals surface area (Å²) in [4.78, 5) is 4.32. The molecule has 0 aliphatic rings. The molecule has 1 aromatic carbocycles. The van der Waals surface area contributed by atoms with Crippen LogP contribution in [0.25, 0.3) is 0 Å². The molecule has 0 atom stereocenters. The number of methoxy groups -OCH3 is 1. The van der Waals surface area contributed by atoms with Crippen molar-refractivity contribution in [1.82, 2.24) is 4.98 Å². The number of pyridine rings is 1. The average molecular weight is 321 g/mol. The molecule has 0 bridgehead atoms. The van der Waals surface area contributed by atoms with Gasteiger partial charge in [-0.05, 0) is 36.8 Å². The molecule has 2 rings (SSSR count). The van der Waals surface area contributed by atoms with Gasteiger partial charge in [-0.25, -0.2) is 13.4 Å². The standard InChI is InChI=1S/C15H19N3O3S/c1-12-4-3-5-14(10-12)22(19,20)18-15-7-6-13(11-17-15)16-8-9-21-2/h3-7,10-11,16H,8-9H2,1-2H3,(H,17,18). The van der Waals surface area contributed by atoms with E-state index in [0.717, 1.165) is 11.3 Å². The van der Waals surface area contributed by atoms with Crippen molar-refractivity contribution in [2.75, 3.05) is 30.3 Å². The van der Waals surface area contributed by atoms with E-state index in [9.17, 15) is 8.42 Å². The Bertz CT molecular complexity index is 715. The van der Waals surface area contributed by atoms with E-state index in [-0.39, 0.29) is 10.7 Å². The zero-order valence-electron chi connectivity index (χ0n) is 12.5. The number of sulfonamides is 1. The number of hydrogen-bond acceptors (Lipinski definition) is 5.